The average molecular weight is 529 g/mol. The maximum absolute atomic E-state index is 12.9. The summed E-state index contributed by atoms with van der Waals surface area (Å²) in [4.78, 5) is 15.1. The number of nitrogens with zero attached hydrogens (tertiary/aromatic N) is 4. The largest absolute Gasteiger partial charge is 0.493 e. The Labute approximate surface area is 219 Å². The van der Waals surface area contributed by atoms with Crippen LogP contribution in [0.3, 0.4) is 0 Å². The van der Waals surface area contributed by atoms with Crippen molar-refractivity contribution < 1.29 is 22.7 Å². The molecule has 0 saturated carbocycles. The van der Waals surface area contributed by atoms with Crippen molar-refractivity contribution in [2.45, 2.75) is 39.2 Å². The third-order valence-electron chi connectivity index (χ3n) is 7.12. The minimum absolute atomic E-state index is 0.0172. The van der Waals surface area contributed by atoms with Crippen LogP contribution < -0.4 is 14.4 Å². The minimum Gasteiger partial charge on any atom is -0.493 e. The molecular formula is C27H36N4O5S. The van der Waals surface area contributed by atoms with Gasteiger partial charge < -0.3 is 14.4 Å². The summed E-state index contributed by atoms with van der Waals surface area (Å²) < 4.78 is 36.4. The molecular weight excluding hydrogens is 492 g/mol. The number of sulfonamides is 1. The number of piperazine rings is 1. The van der Waals surface area contributed by atoms with E-state index in [1.54, 1.807) is 19.2 Å². The van der Waals surface area contributed by atoms with Crippen molar-refractivity contribution in [1.29, 1.82) is 0 Å². The first kappa shape index (κ1) is 26.9. The van der Waals surface area contributed by atoms with Crippen LogP contribution in [0.1, 0.15) is 43.4 Å². The summed E-state index contributed by atoms with van der Waals surface area (Å²) in [7, 11) is 0.0514. The number of amides is 1. The van der Waals surface area contributed by atoms with E-state index in [2.05, 4.69) is 11.8 Å². The smallest absolute Gasteiger partial charge is 0.242 e. The zero-order valence-corrected chi connectivity index (χ0v) is 23.0. The van der Waals surface area contributed by atoms with Crippen LogP contribution >= 0.6 is 0 Å². The lowest BCUT2D eigenvalue weighted by atomic mass is 9.93. The quantitative estimate of drug-likeness (QED) is 0.549. The van der Waals surface area contributed by atoms with Gasteiger partial charge in [0.15, 0.2) is 11.5 Å². The van der Waals surface area contributed by atoms with E-state index in [9.17, 15) is 13.2 Å². The predicted octanol–water partition coefficient (Wildman–Crippen LogP) is 3.11. The van der Waals surface area contributed by atoms with E-state index in [0.29, 0.717) is 56.2 Å². The van der Waals surface area contributed by atoms with Crippen molar-refractivity contribution in [2.75, 3.05) is 51.6 Å². The van der Waals surface area contributed by atoms with Gasteiger partial charge in [-0.05, 0) is 42.7 Å². The lowest BCUT2D eigenvalue weighted by Crippen LogP contribution is -2.48. The number of methoxy groups -OCH3 is 2. The van der Waals surface area contributed by atoms with E-state index >= 15 is 0 Å². The molecule has 1 fully saturated rings. The molecule has 200 valence electrons. The Kier molecular flexibility index (Phi) is 8.08. The Bertz CT molecular complexity index is 1270. The summed E-state index contributed by atoms with van der Waals surface area (Å²) in [6.45, 7) is 6.12. The fourth-order valence-electron chi connectivity index (χ4n) is 4.95. The van der Waals surface area contributed by atoms with Gasteiger partial charge in [-0.15, -0.1) is 0 Å². The number of hydrazone groups is 1. The van der Waals surface area contributed by atoms with E-state index in [1.165, 1.54) is 10.6 Å². The summed E-state index contributed by atoms with van der Waals surface area (Å²) >= 11 is 0. The van der Waals surface area contributed by atoms with Crippen LogP contribution in [0.25, 0.3) is 0 Å². The zero-order chi connectivity index (χ0) is 26.7. The summed E-state index contributed by atoms with van der Waals surface area (Å²) in [6, 6.07) is 12.0. The molecule has 2 aliphatic heterocycles. The van der Waals surface area contributed by atoms with E-state index < -0.39 is 10.0 Å². The first-order valence-corrected chi connectivity index (χ1v) is 14.5. The molecule has 0 aliphatic carbocycles. The molecule has 4 rings (SSSR count). The predicted molar refractivity (Wildman–Crippen MR) is 145 cm³/mol. The van der Waals surface area contributed by atoms with Crippen molar-refractivity contribution in [3.05, 3.63) is 53.1 Å². The molecule has 0 spiro atoms. The molecule has 0 N–H and O–H groups in total. The fraction of sp³-hybridized carbons (Fsp3) is 0.481. The molecule has 2 heterocycles. The molecule has 2 aromatic carbocycles. The molecule has 9 nitrogen and oxygen atoms in total. The maximum Gasteiger partial charge on any atom is 0.242 e. The second-order valence-corrected chi connectivity index (χ2v) is 11.3. The molecule has 37 heavy (non-hydrogen) atoms. The second kappa shape index (κ2) is 11.1. The van der Waals surface area contributed by atoms with Crippen molar-refractivity contribution in [2.24, 2.45) is 5.10 Å². The monoisotopic (exact) mass is 528 g/mol. The zero-order valence-electron chi connectivity index (χ0n) is 22.2. The van der Waals surface area contributed by atoms with Crippen molar-refractivity contribution in [3.63, 3.8) is 0 Å². The lowest BCUT2D eigenvalue weighted by Gasteiger charge is -2.34. The van der Waals surface area contributed by atoms with Gasteiger partial charge in [-0.3, -0.25) is 4.79 Å². The molecule has 1 saturated heterocycles. The highest BCUT2D eigenvalue weighted by molar-refractivity contribution is 7.88. The Hall–Kier alpha value is -3.11. The number of hydrogen-bond acceptors (Lipinski definition) is 7. The van der Waals surface area contributed by atoms with Crippen LogP contribution in [0, 0.1) is 0 Å². The number of carbonyl (C=O) groups excluding carboxylic acids is 1. The number of fused-ring (bicyclic) bond motifs is 1. The minimum atomic E-state index is -3.18. The average Bonchev–Trinajstić information content (AvgIpc) is 3.07. The van der Waals surface area contributed by atoms with E-state index in [-0.39, 0.29) is 11.9 Å². The Morgan fingerprint density at radius 2 is 1.62 bits per heavy atom. The molecule has 0 bridgehead atoms. The number of hydrogen-bond donors (Lipinski definition) is 0. The number of rotatable bonds is 7. The van der Waals surface area contributed by atoms with Gasteiger partial charge in [-0.1, -0.05) is 26.0 Å². The molecule has 2 aromatic rings. The van der Waals surface area contributed by atoms with Crippen LogP contribution in [-0.4, -0.2) is 82.0 Å². The highest BCUT2D eigenvalue weighted by Crippen LogP contribution is 2.35. The molecule has 0 aromatic heterocycles. The number of benzene rings is 2. The van der Waals surface area contributed by atoms with Crippen LogP contribution in [0.15, 0.2) is 41.5 Å². The highest BCUT2D eigenvalue weighted by Gasteiger charge is 2.30. The topological polar surface area (TPSA) is 91.8 Å². The third kappa shape index (κ3) is 5.60. The Morgan fingerprint density at radius 3 is 2.16 bits per heavy atom. The summed E-state index contributed by atoms with van der Waals surface area (Å²) in [5.41, 5.74) is 4.58. The van der Waals surface area contributed by atoms with Gasteiger partial charge in [-0.2, -0.15) is 9.41 Å². The Balaban J connectivity index is 1.73. The van der Waals surface area contributed by atoms with Gasteiger partial charge in [0.05, 0.1) is 32.2 Å². The van der Waals surface area contributed by atoms with Gasteiger partial charge in [0, 0.05) is 49.4 Å². The normalized spacial score (nSPS) is 18.6. The Morgan fingerprint density at radius 1 is 1.00 bits per heavy atom. The maximum atomic E-state index is 12.9. The molecule has 0 radical (unpaired) electrons. The fourth-order valence-corrected chi connectivity index (χ4v) is 5.78. The second-order valence-electron chi connectivity index (χ2n) is 9.37. The lowest BCUT2D eigenvalue weighted by molar-refractivity contribution is -0.133. The van der Waals surface area contributed by atoms with Gasteiger partial charge in [0.2, 0.25) is 15.9 Å². The van der Waals surface area contributed by atoms with Gasteiger partial charge in [0.25, 0.3) is 0 Å². The first-order valence-electron chi connectivity index (χ1n) is 12.7. The van der Waals surface area contributed by atoms with Gasteiger partial charge >= 0.3 is 0 Å². The van der Waals surface area contributed by atoms with Crippen LogP contribution in [-0.2, 0) is 21.2 Å². The number of carbonyl (C=O) groups is 1. The van der Waals surface area contributed by atoms with Crippen LogP contribution in [0.2, 0.25) is 0 Å². The molecule has 2 aliphatic rings. The highest BCUT2D eigenvalue weighted by atomic mass is 32.2. The molecule has 1 atom stereocenters. The van der Waals surface area contributed by atoms with Crippen LogP contribution in [0.5, 0.6) is 11.5 Å². The van der Waals surface area contributed by atoms with Gasteiger partial charge in [0.1, 0.15) is 0 Å². The van der Waals surface area contributed by atoms with E-state index in [0.717, 1.165) is 28.8 Å². The molecule has 1 unspecified atom stereocenters. The summed E-state index contributed by atoms with van der Waals surface area (Å²) in [5.74, 6) is 1.24. The van der Waals surface area contributed by atoms with E-state index in [4.69, 9.17) is 14.6 Å². The van der Waals surface area contributed by atoms with Crippen molar-refractivity contribution in [3.8, 4) is 11.5 Å². The third-order valence-corrected chi connectivity index (χ3v) is 8.42. The first-order chi connectivity index (χ1) is 17.7. The standard InChI is InChI=1S/C27H36N4O5S/c1-6-21-16-20-17-24(35-3)25(36-4)18-23(20)27(28-31(21)26(32)7-2)19-8-10-22(11-9-19)29-12-14-30(15-13-29)37(5,33)34/h8-11,17-18,21H,6-7,12-16H2,1-5H3. The number of ether oxygens (including phenoxy) is 2. The van der Waals surface area contributed by atoms with Crippen molar-refractivity contribution in [1.82, 2.24) is 9.31 Å². The van der Waals surface area contributed by atoms with Crippen molar-refractivity contribution >= 4 is 27.3 Å². The van der Waals surface area contributed by atoms with E-state index in [1.807, 2.05) is 43.3 Å². The molecule has 10 heteroatoms. The molecule has 1 amide bonds. The SMILES string of the molecule is CCC(=O)N1N=C(c2ccc(N3CCN(S(C)(=O)=O)CC3)cc2)c2cc(OC)c(OC)cc2CC1CC. The van der Waals surface area contributed by atoms with Crippen LogP contribution in [0.4, 0.5) is 5.69 Å². The summed E-state index contributed by atoms with van der Waals surface area (Å²) in [6.07, 6.45) is 3.06. The van der Waals surface area contributed by atoms with Gasteiger partial charge in [-0.25, -0.2) is 13.4 Å². The summed E-state index contributed by atoms with van der Waals surface area (Å²) in [5, 5.41) is 6.58. The number of anilines is 1.